The molecule has 0 aliphatic carbocycles. The zero-order valence-electron chi connectivity index (χ0n) is 13.3. The van der Waals surface area contributed by atoms with Gasteiger partial charge in [-0.3, -0.25) is 9.59 Å². The number of rotatable bonds is 7. The third-order valence-corrected chi connectivity index (χ3v) is 3.38. The van der Waals surface area contributed by atoms with Crippen molar-refractivity contribution < 1.29 is 19.4 Å². The number of carboxylic acid groups (broad SMARTS) is 1. The number of hydrogen-bond acceptors (Lipinski definition) is 4. The van der Waals surface area contributed by atoms with Gasteiger partial charge in [-0.05, 0) is 37.8 Å². The van der Waals surface area contributed by atoms with Crippen molar-refractivity contribution in [2.75, 3.05) is 19.7 Å². The number of carbonyl (C=O) groups is 2. The summed E-state index contributed by atoms with van der Waals surface area (Å²) in [6.45, 7) is 7.92. The summed E-state index contributed by atoms with van der Waals surface area (Å²) in [5.74, 6) is -1.13. The molecule has 0 radical (unpaired) electrons. The first kappa shape index (κ1) is 17.9. The minimum absolute atomic E-state index is 0.00489. The molecule has 0 aromatic carbocycles. The number of carboxylic acids is 1. The maximum atomic E-state index is 11.9. The molecule has 0 bridgehead atoms. The fourth-order valence-corrected chi connectivity index (χ4v) is 2.55. The highest BCUT2D eigenvalue weighted by molar-refractivity contribution is 5.78. The van der Waals surface area contributed by atoms with E-state index < -0.39 is 5.97 Å². The predicted octanol–water partition coefficient (Wildman–Crippen LogP) is 1.15. The smallest absolute Gasteiger partial charge is 0.305 e. The lowest BCUT2D eigenvalue weighted by atomic mass is 9.87. The van der Waals surface area contributed by atoms with Crippen LogP contribution in [0.1, 0.15) is 46.5 Å². The number of ether oxygens (including phenoxy) is 1. The van der Waals surface area contributed by atoms with E-state index in [0.29, 0.717) is 6.42 Å². The van der Waals surface area contributed by atoms with E-state index in [9.17, 15) is 9.59 Å². The van der Waals surface area contributed by atoms with Crippen LogP contribution in [0.5, 0.6) is 0 Å². The number of carbonyl (C=O) groups excluding carboxylic acids is 1. The summed E-state index contributed by atoms with van der Waals surface area (Å²) >= 11 is 0. The monoisotopic (exact) mass is 300 g/mol. The van der Waals surface area contributed by atoms with Crippen molar-refractivity contribution in [3.63, 3.8) is 0 Å². The van der Waals surface area contributed by atoms with Gasteiger partial charge >= 0.3 is 5.97 Å². The Kier molecular flexibility index (Phi) is 7.11. The second kappa shape index (κ2) is 8.34. The number of nitrogens with one attached hydrogen (secondary N) is 2. The Hall–Kier alpha value is -1.14. The second-order valence-electron chi connectivity index (χ2n) is 6.89. The zero-order chi connectivity index (χ0) is 15.9. The standard InChI is InChI=1S/C15H28N2O4/c1-15(2,3)9-11(8-14(19)20)17-13(18)10-21-12-4-6-16-7-5-12/h11-12,16H,4-10H2,1-3H3,(H,17,18)(H,19,20). The largest absolute Gasteiger partial charge is 0.481 e. The highest BCUT2D eigenvalue weighted by atomic mass is 16.5. The molecule has 1 unspecified atom stereocenters. The summed E-state index contributed by atoms with van der Waals surface area (Å²) in [5, 5.41) is 15.0. The minimum atomic E-state index is -0.899. The molecule has 1 aliphatic rings. The van der Waals surface area contributed by atoms with Crippen molar-refractivity contribution in [3.8, 4) is 0 Å². The average Bonchev–Trinajstić information content (AvgIpc) is 2.34. The molecule has 1 aliphatic heterocycles. The third kappa shape index (κ3) is 8.67. The molecule has 21 heavy (non-hydrogen) atoms. The van der Waals surface area contributed by atoms with Crippen molar-refractivity contribution in [2.24, 2.45) is 5.41 Å². The maximum Gasteiger partial charge on any atom is 0.305 e. The highest BCUT2D eigenvalue weighted by Gasteiger charge is 2.23. The molecule has 122 valence electrons. The van der Waals surface area contributed by atoms with Crippen molar-refractivity contribution in [1.82, 2.24) is 10.6 Å². The van der Waals surface area contributed by atoms with E-state index in [1.165, 1.54) is 0 Å². The van der Waals surface area contributed by atoms with Crippen molar-refractivity contribution in [1.29, 1.82) is 0 Å². The molecule has 0 aromatic rings. The number of hydrogen-bond donors (Lipinski definition) is 3. The lowest BCUT2D eigenvalue weighted by Gasteiger charge is -2.27. The van der Waals surface area contributed by atoms with Gasteiger partial charge in [-0.2, -0.15) is 0 Å². The van der Waals surface area contributed by atoms with E-state index in [2.05, 4.69) is 10.6 Å². The van der Waals surface area contributed by atoms with Crippen LogP contribution < -0.4 is 10.6 Å². The van der Waals surface area contributed by atoms with Crippen molar-refractivity contribution in [3.05, 3.63) is 0 Å². The molecule has 1 fully saturated rings. The van der Waals surface area contributed by atoms with Crippen LogP contribution in [0.15, 0.2) is 0 Å². The first-order chi connectivity index (χ1) is 9.76. The molecule has 1 rings (SSSR count). The molecule has 0 spiro atoms. The Morgan fingerprint density at radius 2 is 1.95 bits per heavy atom. The summed E-state index contributed by atoms with van der Waals surface area (Å²) in [4.78, 5) is 22.8. The van der Waals surface area contributed by atoms with E-state index in [0.717, 1.165) is 25.9 Å². The average molecular weight is 300 g/mol. The van der Waals surface area contributed by atoms with Gasteiger partial charge in [0.05, 0.1) is 12.5 Å². The second-order valence-corrected chi connectivity index (χ2v) is 6.89. The summed E-state index contributed by atoms with van der Waals surface area (Å²) in [6, 6.07) is -0.355. The summed E-state index contributed by atoms with van der Waals surface area (Å²) in [6.07, 6.45) is 2.51. The van der Waals surface area contributed by atoms with Gasteiger partial charge in [-0.25, -0.2) is 0 Å². The van der Waals surface area contributed by atoms with Gasteiger partial charge in [0.25, 0.3) is 0 Å². The molecular weight excluding hydrogens is 272 g/mol. The highest BCUT2D eigenvalue weighted by Crippen LogP contribution is 2.22. The van der Waals surface area contributed by atoms with E-state index in [-0.39, 0.29) is 36.5 Å². The lowest BCUT2D eigenvalue weighted by molar-refractivity contribution is -0.138. The molecule has 6 heteroatoms. The van der Waals surface area contributed by atoms with Crippen LogP contribution in [0.3, 0.4) is 0 Å². The quantitative estimate of drug-likeness (QED) is 0.656. The van der Waals surface area contributed by atoms with Crippen molar-refractivity contribution >= 4 is 11.9 Å². The summed E-state index contributed by atoms with van der Waals surface area (Å²) < 4.78 is 5.58. The van der Waals surface area contributed by atoms with Gasteiger partial charge in [-0.15, -0.1) is 0 Å². The van der Waals surface area contributed by atoms with E-state index >= 15 is 0 Å². The Morgan fingerprint density at radius 3 is 2.48 bits per heavy atom. The first-order valence-corrected chi connectivity index (χ1v) is 7.60. The van der Waals surface area contributed by atoms with Crippen LogP contribution in [0.4, 0.5) is 0 Å². The van der Waals surface area contributed by atoms with Crippen LogP contribution >= 0.6 is 0 Å². The Labute approximate surface area is 126 Å². The Bertz CT molecular complexity index is 346. The van der Waals surface area contributed by atoms with Gasteiger partial charge < -0.3 is 20.5 Å². The first-order valence-electron chi connectivity index (χ1n) is 7.60. The minimum Gasteiger partial charge on any atom is -0.481 e. The molecule has 0 saturated carbocycles. The van der Waals surface area contributed by atoms with Gasteiger partial charge in [0.1, 0.15) is 6.61 Å². The fraction of sp³-hybridized carbons (Fsp3) is 0.867. The zero-order valence-corrected chi connectivity index (χ0v) is 13.3. The van der Waals surface area contributed by atoms with Crippen LogP contribution in [0.2, 0.25) is 0 Å². The van der Waals surface area contributed by atoms with Crippen LogP contribution in [-0.4, -0.2) is 48.8 Å². The Morgan fingerprint density at radius 1 is 1.33 bits per heavy atom. The molecule has 6 nitrogen and oxygen atoms in total. The van der Waals surface area contributed by atoms with E-state index in [1.54, 1.807) is 0 Å². The molecule has 3 N–H and O–H groups in total. The van der Waals surface area contributed by atoms with E-state index in [4.69, 9.17) is 9.84 Å². The fourth-order valence-electron chi connectivity index (χ4n) is 2.55. The topological polar surface area (TPSA) is 87.7 Å². The molecule has 1 heterocycles. The van der Waals surface area contributed by atoms with Crippen LogP contribution in [-0.2, 0) is 14.3 Å². The normalized spacial score (nSPS) is 18.2. The maximum absolute atomic E-state index is 11.9. The van der Waals surface area contributed by atoms with Gasteiger partial charge in [0.2, 0.25) is 5.91 Å². The van der Waals surface area contributed by atoms with Gasteiger partial charge in [0.15, 0.2) is 0 Å². The van der Waals surface area contributed by atoms with Crippen LogP contribution in [0, 0.1) is 5.41 Å². The number of piperidine rings is 1. The third-order valence-electron chi connectivity index (χ3n) is 3.38. The number of aliphatic carboxylic acids is 1. The SMILES string of the molecule is CC(C)(C)CC(CC(=O)O)NC(=O)COC1CCNCC1. The molecule has 1 amide bonds. The number of amides is 1. The van der Waals surface area contributed by atoms with Gasteiger partial charge in [-0.1, -0.05) is 20.8 Å². The van der Waals surface area contributed by atoms with E-state index in [1.807, 2.05) is 20.8 Å². The molecular formula is C15H28N2O4. The summed E-state index contributed by atoms with van der Waals surface area (Å²) in [5.41, 5.74) is -0.0384. The van der Waals surface area contributed by atoms with Crippen LogP contribution in [0.25, 0.3) is 0 Å². The predicted molar refractivity (Wildman–Crippen MR) is 80.1 cm³/mol. The summed E-state index contributed by atoms with van der Waals surface area (Å²) in [7, 11) is 0. The lowest BCUT2D eigenvalue weighted by Crippen LogP contribution is -2.42. The van der Waals surface area contributed by atoms with Gasteiger partial charge in [0, 0.05) is 6.04 Å². The molecule has 1 atom stereocenters. The molecule has 0 aromatic heterocycles. The van der Waals surface area contributed by atoms with Crippen molar-refractivity contribution in [2.45, 2.75) is 58.6 Å². The Balaban J connectivity index is 2.37. The molecule has 1 saturated heterocycles.